The average molecular weight is 434 g/mol. The first kappa shape index (κ1) is 21.8. The van der Waals surface area contributed by atoms with Gasteiger partial charge in [0.2, 0.25) is 5.91 Å². The number of hydrogen-bond acceptors (Lipinski definition) is 7. The van der Waals surface area contributed by atoms with Crippen LogP contribution in [0.4, 0.5) is 0 Å². The average Bonchev–Trinajstić information content (AvgIpc) is 3.06. The summed E-state index contributed by atoms with van der Waals surface area (Å²) in [6, 6.07) is 2.01. The number of hydrogen-bond donors (Lipinski definition) is 1. The zero-order valence-corrected chi connectivity index (χ0v) is 18.6. The van der Waals surface area contributed by atoms with Gasteiger partial charge in [0.1, 0.15) is 4.83 Å². The van der Waals surface area contributed by atoms with Crippen LogP contribution in [0.5, 0.6) is 0 Å². The fourth-order valence-corrected chi connectivity index (χ4v) is 5.67. The number of nitrogens with zero attached hydrogens (tertiary/aromatic N) is 4. The van der Waals surface area contributed by atoms with E-state index in [-0.39, 0.29) is 23.6 Å². The third kappa shape index (κ3) is 5.38. The Morgan fingerprint density at radius 2 is 2.17 bits per heavy atom. The number of aromatic nitrogens is 2. The number of rotatable bonds is 9. The number of thiophene rings is 1. The second kappa shape index (κ2) is 10.2. The molecule has 29 heavy (non-hydrogen) atoms. The van der Waals surface area contributed by atoms with Gasteiger partial charge in [-0.3, -0.25) is 14.2 Å². The maximum Gasteiger partial charge on any atom is 0.263 e. The Hall–Kier alpha value is -1.89. The van der Waals surface area contributed by atoms with Crippen molar-refractivity contribution >= 4 is 39.2 Å². The number of nitriles is 1. The lowest BCUT2D eigenvalue weighted by Crippen LogP contribution is -2.28. The van der Waals surface area contributed by atoms with Gasteiger partial charge in [-0.2, -0.15) is 5.26 Å². The summed E-state index contributed by atoms with van der Waals surface area (Å²) in [4.78, 5) is 34.4. The van der Waals surface area contributed by atoms with Crippen molar-refractivity contribution in [1.82, 2.24) is 19.8 Å². The molecule has 1 amide bonds. The number of amides is 1. The summed E-state index contributed by atoms with van der Waals surface area (Å²) < 4.78 is 1.75. The number of carbonyl (C=O) groups excluding carboxylic acids is 1. The molecule has 0 saturated heterocycles. The van der Waals surface area contributed by atoms with Crippen LogP contribution in [0, 0.1) is 11.3 Å². The first-order valence-electron chi connectivity index (χ1n) is 9.97. The molecule has 0 bridgehead atoms. The molecule has 0 saturated carbocycles. The smallest absolute Gasteiger partial charge is 0.263 e. The normalized spacial score (nSPS) is 13.4. The highest BCUT2D eigenvalue weighted by Gasteiger charge is 2.22. The molecule has 7 nitrogen and oxygen atoms in total. The molecule has 1 aliphatic carbocycles. The van der Waals surface area contributed by atoms with Crippen LogP contribution in [0.3, 0.4) is 0 Å². The zero-order valence-electron chi connectivity index (χ0n) is 17.0. The molecule has 2 aromatic rings. The summed E-state index contributed by atoms with van der Waals surface area (Å²) in [6.45, 7) is 1.81. The van der Waals surface area contributed by atoms with Gasteiger partial charge in [-0.1, -0.05) is 11.8 Å². The minimum absolute atomic E-state index is 0.0283. The number of nitrogens with one attached hydrogen (secondary N) is 1. The van der Waals surface area contributed by atoms with Gasteiger partial charge in [0.05, 0.1) is 23.6 Å². The molecule has 2 aromatic heterocycles. The van der Waals surface area contributed by atoms with E-state index in [1.165, 1.54) is 28.6 Å². The van der Waals surface area contributed by atoms with E-state index in [0.29, 0.717) is 18.2 Å². The third-order valence-corrected chi connectivity index (χ3v) is 7.08. The standard InChI is InChI=1S/C20H27N5O2S2/c1-24(2)11-6-12-25-19(27)17-14-7-3-4-8-15(14)29-18(17)23-20(25)28-13-16(26)22-10-5-9-21/h3-8,10-13H2,1-2H3,(H,22,26). The van der Waals surface area contributed by atoms with Gasteiger partial charge in [-0.25, -0.2) is 4.98 Å². The van der Waals surface area contributed by atoms with Crippen molar-refractivity contribution in [2.45, 2.75) is 50.2 Å². The Morgan fingerprint density at radius 3 is 2.93 bits per heavy atom. The topological polar surface area (TPSA) is 91.0 Å². The molecule has 3 rings (SSSR count). The van der Waals surface area contributed by atoms with Gasteiger partial charge in [-0.05, 0) is 58.3 Å². The van der Waals surface area contributed by atoms with Crippen molar-refractivity contribution < 1.29 is 4.79 Å². The van der Waals surface area contributed by atoms with Crippen molar-refractivity contribution in [3.63, 3.8) is 0 Å². The Bertz CT molecular complexity index is 974. The molecule has 1 aliphatic rings. The van der Waals surface area contributed by atoms with E-state index in [1.54, 1.807) is 15.9 Å². The summed E-state index contributed by atoms with van der Waals surface area (Å²) in [5, 5.41) is 12.7. The van der Waals surface area contributed by atoms with E-state index >= 15 is 0 Å². The van der Waals surface area contributed by atoms with Crippen molar-refractivity contribution in [1.29, 1.82) is 5.26 Å². The molecule has 0 fully saturated rings. The molecule has 0 unspecified atom stereocenters. The first-order valence-corrected chi connectivity index (χ1v) is 11.8. The molecule has 156 valence electrons. The molecule has 2 heterocycles. The second-order valence-corrected chi connectivity index (χ2v) is 9.47. The summed E-state index contributed by atoms with van der Waals surface area (Å²) >= 11 is 2.93. The number of carbonyl (C=O) groups is 1. The Labute approximate surface area is 179 Å². The third-order valence-electron chi connectivity index (χ3n) is 4.92. The largest absolute Gasteiger partial charge is 0.354 e. The van der Waals surface area contributed by atoms with Gasteiger partial charge in [-0.15, -0.1) is 11.3 Å². The number of fused-ring (bicyclic) bond motifs is 3. The molecule has 0 aromatic carbocycles. The zero-order chi connectivity index (χ0) is 20.8. The van der Waals surface area contributed by atoms with Crippen molar-refractivity contribution in [2.75, 3.05) is 32.9 Å². The monoisotopic (exact) mass is 433 g/mol. The van der Waals surface area contributed by atoms with Crippen LogP contribution in [-0.2, 0) is 24.2 Å². The van der Waals surface area contributed by atoms with Crippen LogP contribution in [-0.4, -0.2) is 53.3 Å². The Kier molecular flexibility index (Phi) is 7.70. The van der Waals surface area contributed by atoms with Crippen LogP contribution in [0.2, 0.25) is 0 Å². The molecule has 9 heteroatoms. The van der Waals surface area contributed by atoms with Gasteiger partial charge in [0.25, 0.3) is 5.56 Å². The summed E-state index contributed by atoms with van der Waals surface area (Å²) in [5.41, 5.74) is 1.22. The highest BCUT2D eigenvalue weighted by molar-refractivity contribution is 7.99. The molecule has 0 radical (unpaired) electrons. The summed E-state index contributed by atoms with van der Waals surface area (Å²) in [6.07, 6.45) is 5.41. The van der Waals surface area contributed by atoms with Crippen LogP contribution in [0.15, 0.2) is 9.95 Å². The van der Waals surface area contributed by atoms with Crippen molar-refractivity contribution in [2.24, 2.45) is 0 Å². The molecular weight excluding hydrogens is 406 g/mol. The van der Waals surface area contributed by atoms with E-state index in [0.717, 1.165) is 42.4 Å². The molecule has 0 atom stereocenters. The van der Waals surface area contributed by atoms with E-state index in [4.69, 9.17) is 10.2 Å². The quantitative estimate of drug-likeness (QED) is 0.371. The van der Waals surface area contributed by atoms with E-state index in [2.05, 4.69) is 10.2 Å². The van der Waals surface area contributed by atoms with Gasteiger partial charge in [0, 0.05) is 18.0 Å². The fraction of sp³-hybridized carbons (Fsp3) is 0.600. The van der Waals surface area contributed by atoms with Crippen LogP contribution < -0.4 is 10.9 Å². The van der Waals surface area contributed by atoms with Gasteiger partial charge < -0.3 is 10.2 Å². The molecule has 1 N–H and O–H groups in total. The van der Waals surface area contributed by atoms with Crippen molar-refractivity contribution in [3.05, 3.63) is 20.8 Å². The number of thioether (sulfide) groups is 1. The van der Waals surface area contributed by atoms with E-state index < -0.39 is 0 Å². The van der Waals surface area contributed by atoms with Gasteiger partial charge in [0.15, 0.2) is 5.16 Å². The minimum atomic E-state index is -0.148. The second-order valence-electron chi connectivity index (χ2n) is 7.45. The van der Waals surface area contributed by atoms with Crippen LogP contribution in [0.1, 0.15) is 36.1 Å². The Balaban J connectivity index is 1.88. The lowest BCUT2D eigenvalue weighted by atomic mass is 9.97. The SMILES string of the molecule is CN(C)CCCn1c(SCC(=O)NCCC#N)nc2sc3c(c2c1=O)CCCC3. The predicted octanol–water partition coefficient (Wildman–Crippen LogP) is 2.41. The lowest BCUT2D eigenvalue weighted by molar-refractivity contribution is -0.118. The summed E-state index contributed by atoms with van der Waals surface area (Å²) in [7, 11) is 4.03. The number of aryl methyl sites for hydroxylation is 2. The molecular formula is C20H27N5O2S2. The predicted molar refractivity (Wildman–Crippen MR) is 118 cm³/mol. The Morgan fingerprint density at radius 1 is 1.38 bits per heavy atom. The molecule has 0 aliphatic heterocycles. The highest BCUT2D eigenvalue weighted by Crippen LogP contribution is 2.34. The highest BCUT2D eigenvalue weighted by atomic mass is 32.2. The van der Waals surface area contributed by atoms with Gasteiger partial charge >= 0.3 is 0 Å². The summed E-state index contributed by atoms with van der Waals surface area (Å²) in [5.74, 6) is 0.0345. The van der Waals surface area contributed by atoms with E-state index in [9.17, 15) is 9.59 Å². The lowest BCUT2D eigenvalue weighted by Gasteiger charge is -2.15. The van der Waals surface area contributed by atoms with Crippen LogP contribution >= 0.6 is 23.1 Å². The van der Waals surface area contributed by atoms with Crippen molar-refractivity contribution in [3.8, 4) is 6.07 Å². The van der Waals surface area contributed by atoms with Crippen LogP contribution in [0.25, 0.3) is 10.2 Å². The minimum Gasteiger partial charge on any atom is -0.354 e. The molecule has 0 spiro atoms. The maximum absolute atomic E-state index is 13.4. The fourth-order valence-electron chi connectivity index (χ4n) is 3.51. The maximum atomic E-state index is 13.4. The first-order chi connectivity index (χ1) is 14.0. The van der Waals surface area contributed by atoms with E-state index in [1.807, 2.05) is 20.2 Å².